The third-order valence-corrected chi connectivity index (χ3v) is 4.32. The van der Waals surface area contributed by atoms with Crippen LogP contribution in [0.1, 0.15) is 18.5 Å². The average molecular weight is 329 g/mol. The van der Waals surface area contributed by atoms with Crippen molar-refractivity contribution < 1.29 is 13.2 Å². The van der Waals surface area contributed by atoms with Crippen LogP contribution in [0.15, 0.2) is 6.07 Å². The molecule has 5 nitrogen and oxygen atoms in total. The van der Waals surface area contributed by atoms with Gasteiger partial charge in [-0.05, 0) is 19.8 Å². The zero-order valence-electron chi connectivity index (χ0n) is 13.3. The van der Waals surface area contributed by atoms with Crippen LogP contribution in [0.3, 0.4) is 0 Å². The second-order valence-electron chi connectivity index (χ2n) is 6.24. The van der Waals surface area contributed by atoms with Crippen molar-refractivity contribution in [3.8, 4) is 0 Å². The first-order valence-electron chi connectivity index (χ1n) is 8.05. The maximum Gasteiger partial charge on any atom is 0.401 e. The molecule has 0 unspecified atom stereocenters. The maximum absolute atomic E-state index is 12.5. The molecule has 0 aromatic carbocycles. The van der Waals surface area contributed by atoms with Crippen LogP contribution in [0.4, 0.5) is 24.9 Å². The summed E-state index contributed by atoms with van der Waals surface area (Å²) in [5.74, 6) is 1.57. The number of halogens is 3. The fourth-order valence-electron chi connectivity index (χ4n) is 3.15. The van der Waals surface area contributed by atoms with Crippen LogP contribution in [0, 0.1) is 6.92 Å². The van der Waals surface area contributed by atoms with E-state index in [4.69, 9.17) is 0 Å². The fourth-order valence-corrected chi connectivity index (χ4v) is 3.15. The van der Waals surface area contributed by atoms with E-state index in [0.29, 0.717) is 26.2 Å². The van der Waals surface area contributed by atoms with E-state index in [1.54, 1.807) is 0 Å². The highest BCUT2D eigenvalue weighted by molar-refractivity contribution is 5.46. The average Bonchev–Trinajstić information content (AvgIpc) is 3.00. The van der Waals surface area contributed by atoms with Crippen molar-refractivity contribution in [2.45, 2.75) is 25.9 Å². The van der Waals surface area contributed by atoms with Gasteiger partial charge in [0.2, 0.25) is 5.95 Å². The highest BCUT2D eigenvalue weighted by atomic mass is 19.4. The van der Waals surface area contributed by atoms with Gasteiger partial charge in [-0.25, -0.2) is 4.98 Å². The molecule has 2 aliphatic rings. The van der Waals surface area contributed by atoms with Gasteiger partial charge >= 0.3 is 6.18 Å². The lowest BCUT2D eigenvalue weighted by molar-refractivity contribution is -0.146. The highest BCUT2D eigenvalue weighted by Crippen LogP contribution is 2.23. The Bertz CT molecular complexity index is 534. The minimum atomic E-state index is -4.13. The maximum atomic E-state index is 12.5. The van der Waals surface area contributed by atoms with Crippen LogP contribution >= 0.6 is 0 Å². The van der Waals surface area contributed by atoms with E-state index in [1.807, 2.05) is 13.0 Å². The minimum Gasteiger partial charge on any atom is -0.354 e. The summed E-state index contributed by atoms with van der Waals surface area (Å²) in [4.78, 5) is 14.8. The molecule has 3 rings (SSSR count). The first kappa shape index (κ1) is 16.3. The lowest BCUT2D eigenvalue weighted by Crippen LogP contribution is -2.49. The van der Waals surface area contributed by atoms with E-state index in [9.17, 15) is 13.2 Å². The fraction of sp³-hybridized carbons (Fsp3) is 0.733. The third kappa shape index (κ3) is 4.25. The smallest absolute Gasteiger partial charge is 0.354 e. The van der Waals surface area contributed by atoms with Crippen LogP contribution in [0.5, 0.6) is 0 Å². The van der Waals surface area contributed by atoms with Gasteiger partial charge < -0.3 is 9.80 Å². The molecule has 0 bridgehead atoms. The Kier molecular flexibility index (Phi) is 4.61. The molecule has 1 aromatic heterocycles. The van der Waals surface area contributed by atoms with Gasteiger partial charge in [-0.15, -0.1) is 0 Å². The molecule has 0 amide bonds. The second kappa shape index (κ2) is 6.51. The normalized spacial score (nSPS) is 20.3. The summed E-state index contributed by atoms with van der Waals surface area (Å²) in [7, 11) is 0. The number of anilines is 2. The Balaban J connectivity index is 1.66. The molecular formula is C15H22F3N5. The van der Waals surface area contributed by atoms with Gasteiger partial charge in [-0.3, -0.25) is 4.90 Å². The molecule has 128 valence electrons. The van der Waals surface area contributed by atoms with Gasteiger partial charge in [0.1, 0.15) is 5.82 Å². The molecule has 3 heterocycles. The predicted octanol–water partition coefficient (Wildman–Crippen LogP) is 2.07. The van der Waals surface area contributed by atoms with E-state index in [1.165, 1.54) is 4.90 Å². The number of piperazine rings is 1. The number of aromatic nitrogens is 2. The molecule has 0 atom stereocenters. The molecule has 8 heteroatoms. The molecule has 0 aliphatic carbocycles. The monoisotopic (exact) mass is 329 g/mol. The van der Waals surface area contributed by atoms with Crippen molar-refractivity contribution in [2.24, 2.45) is 0 Å². The minimum absolute atomic E-state index is 0.404. The molecule has 0 N–H and O–H groups in total. The first-order chi connectivity index (χ1) is 10.9. The van der Waals surface area contributed by atoms with E-state index in [2.05, 4.69) is 19.8 Å². The van der Waals surface area contributed by atoms with E-state index >= 15 is 0 Å². The topological polar surface area (TPSA) is 35.5 Å². The SMILES string of the molecule is Cc1cc(N2CCN(CC(F)(F)F)CC2)nc(N2CCCC2)n1. The molecule has 2 saturated heterocycles. The van der Waals surface area contributed by atoms with Crippen molar-refractivity contribution in [3.05, 3.63) is 11.8 Å². The molecular weight excluding hydrogens is 307 g/mol. The molecule has 0 saturated carbocycles. The third-order valence-electron chi connectivity index (χ3n) is 4.32. The summed E-state index contributed by atoms with van der Waals surface area (Å²) < 4.78 is 37.4. The van der Waals surface area contributed by atoms with Crippen molar-refractivity contribution in [2.75, 3.05) is 55.6 Å². The Morgan fingerprint density at radius 3 is 2.22 bits per heavy atom. The zero-order chi connectivity index (χ0) is 16.4. The van der Waals surface area contributed by atoms with E-state index in [0.717, 1.165) is 43.4 Å². The van der Waals surface area contributed by atoms with Crippen LogP contribution in [0.2, 0.25) is 0 Å². The highest BCUT2D eigenvalue weighted by Gasteiger charge is 2.32. The summed E-state index contributed by atoms with van der Waals surface area (Å²) in [6.45, 7) is 4.99. The largest absolute Gasteiger partial charge is 0.401 e. The molecule has 1 aromatic rings. The number of nitrogens with zero attached hydrogens (tertiary/aromatic N) is 5. The van der Waals surface area contributed by atoms with Crippen LogP contribution in [0.25, 0.3) is 0 Å². The van der Waals surface area contributed by atoms with Gasteiger partial charge in [0.15, 0.2) is 0 Å². The molecule has 23 heavy (non-hydrogen) atoms. The summed E-state index contributed by atoms with van der Waals surface area (Å²) in [5.41, 5.74) is 0.898. The quantitative estimate of drug-likeness (QED) is 0.848. The van der Waals surface area contributed by atoms with Gasteiger partial charge in [-0.1, -0.05) is 0 Å². The predicted molar refractivity (Wildman–Crippen MR) is 82.9 cm³/mol. The van der Waals surface area contributed by atoms with Crippen molar-refractivity contribution in [1.29, 1.82) is 0 Å². The molecule has 2 aliphatic heterocycles. The lowest BCUT2D eigenvalue weighted by Gasteiger charge is -2.36. The number of rotatable bonds is 3. The van der Waals surface area contributed by atoms with Gasteiger partial charge in [0.05, 0.1) is 6.54 Å². The van der Waals surface area contributed by atoms with Crippen molar-refractivity contribution in [3.63, 3.8) is 0 Å². The van der Waals surface area contributed by atoms with Crippen molar-refractivity contribution in [1.82, 2.24) is 14.9 Å². The van der Waals surface area contributed by atoms with Crippen LogP contribution in [-0.4, -0.2) is 66.9 Å². The standard InChI is InChI=1S/C15H22F3N5/c1-12-10-13(20-14(19-12)23-4-2-3-5-23)22-8-6-21(7-9-22)11-15(16,17)18/h10H,2-9,11H2,1H3. The number of aryl methyl sites for hydroxylation is 1. The lowest BCUT2D eigenvalue weighted by atomic mass is 10.3. The summed E-state index contributed by atoms with van der Waals surface area (Å²) >= 11 is 0. The van der Waals surface area contributed by atoms with Crippen molar-refractivity contribution >= 4 is 11.8 Å². The number of hydrogen-bond donors (Lipinski definition) is 0. The first-order valence-corrected chi connectivity index (χ1v) is 8.05. The van der Waals surface area contributed by atoms with Crippen LogP contribution in [-0.2, 0) is 0 Å². The Morgan fingerprint density at radius 1 is 0.957 bits per heavy atom. The van der Waals surface area contributed by atoms with E-state index in [-0.39, 0.29) is 0 Å². The van der Waals surface area contributed by atoms with Gasteiger partial charge in [-0.2, -0.15) is 18.2 Å². The summed E-state index contributed by atoms with van der Waals surface area (Å²) in [5, 5.41) is 0. The number of alkyl halides is 3. The molecule has 0 spiro atoms. The van der Waals surface area contributed by atoms with Gasteiger partial charge in [0, 0.05) is 51.0 Å². The Labute approximate surface area is 134 Å². The Morgan fingerprint density at radius 2 is 1.61 bits per heavy atom. The molecule has 0 radical (unpaired) electrons. The summed E-state index contributed by atoms with van der Waals surface area (Å²) in [6, 6.07) is 1.92. The Hall–Kier alpha value is -1.57. The second-order valence-corrected chi connectivity index (χ2v) is 6.24. The van der Waals surface area contributed by atoms with Gasteiger partial charge in [0.25, 0.3) is 0 Å². The van der Waals surface area contributed by atoms with Crippen LogP contribution < -0.4 is 9.80 Å². The number of hydrogen-bond acceptors (Lipinski definition) is 5. The summed E-state index contributed by atoms with van der Waals surface area (Å²) in [6.07, 6.45) is -1.82. The zero-order valence-corrected chi connectivity index (χ0v) is 13.3. The van der Waals surface area contributed by atoms with E-state index < -0.39 is 12.7 Å². The molecule has 2 fully saturated rings.